The van der Waals surface area contributed by atoms with Gasteiger partial charge in [0.2, 0.25) is 22.2 Å². The first-order valence-electron chi connectivity index (χ1n) is 10.1. The Hall–Kier alpha value is -2.22. The summed E-state index contributed by atoms with van der Waals surface area (Å²) in [6, 6.07) is 6.82. The molecule has 2 aromatic rings. The van der Waals surface area contributed by atoms with Gasteiger partial charge in [0.25, 0.3) is 0 Å². The van der Waals surface area contributed by atoms with E-state index in [-0.39, 0.29) is 11.8 Å². The van der Waals surface area contributed by atoms with Gasteiger partial charge in [-0.05, 0) is 23.6 Å². The van der Waals surface area contributed by atoms with E-state index in [0.717, 1.165) is 17.5 Å². The molecule has 1 saturated heterocycles. The van der Waals surface area contributed by atoms with Crippen LogP contribution in [0.4, 0.5) is 5.69 Å². The second kappa shape index (κ2) is 9.73. The van der Waals surface area contributed by atoms with Crippen molar-refractivity contribution in [1.29, 1.82) is 0 Å². The zero-order valence-corrected chi connectivity index (χ0v) is 18.8. The zero-order chi connectivity index (χ0) is 23.6. The van der Waals surface area contributed by atoms with E-state index in [1.54, 1.807) is 24.3 Å². The molecule has 0 aliphatic carbocycles. The maximum Gasteiger partial charge on any atom is 0.238 e. The number of anilines is 1. The average Bonchev–Trinajstić information content (AvgIpc) is 3.11. The Morgan fingerprint density at radius 1 is 1.16 bits per heavy atom. The van der Waals surface area contributed by atoms with Gasteiger partial charge in [-0.2, -0.15) is 0 Å². The van der Waals surface area contributed by atoms with Crippen LogP contribution < -0.4 is 9.46 Å². The first kappa shape index (κ1) is 24.4. The summed E-state index contributed by atoms with van der Waals surface area (Å²) < 4.78 is 36.4. The Morgan fingerprint density at radius 3 is 2.38 bits per heavy atom. The summed E-state index contributed by atoms with van der Waals surface area (Å²) in [4.78, 5) is 0. The number of benzene rings is 1. The molecule has 1 aromatic carbocycles. The normalized spacial score (nSPS) is 26.3. The molecule has 178 valence electrons. The summed E-state index contributed by atoms with van der Waals surface area (Å²) in [5.41, 5.74) is 2.78. The van der Waals surface area contributed by atoms with Crippen molar-refractivity contribution in [3.63, 3.8) is 0 Å². The van der Waals surface area contributed by atoms with E-state index in [9.17, 15) is 28.8 Å². The molecule has 12 heteroatoms. The molecule has 11 nitrogen and oxygen atoms in total. The van der Waals surface area contributed by atoms with Crippen molar-refractivity contribution in [2.24, 2.45) is 0 Å². The number of hydrogen-bond acceptors (Lipinski definition) is 9. The predicted octanol–water partition coefficient (Wildman–Crippen LogP) is -0.326. The fraction of sp³-hybridized carbons (Fsp3) is 0.550. The summed E-state index contributed by atoms with van der Waals surface area (Å²) in [6.45, 7) is 3.37. The highest BCUT2D eigenvalue weighted by atomic mass is 32.2. The van der Waals surface area contributed by atoms with Crippen LogP contribution in [0.25, 0.3) is 0 Å². The minimum atomic E-state index is -3.38. The van der Waals surface area contributed by atoms with Gasteiger partial charge in [-0.25, -0.2) is 8.42 Å². The van der Waals surface area contributed by atoms with Crippen molar-refractivity contribution >= 4 is 15.7 Å². The van der Waals surface area contributed by atoms with Gasteiger partial charge < -0.3 is 29.9 Å². The lowest BCUT2D eigenvalue weighted by molar-refractivity contribution is -0.278. The molecule has 0 spiro atoms. The highest BCUT2D eigenvalue weighted by molar-refractivity contribution is 7.92. The lowest BCUT2D eigenvalue weighted by atomic mass is 9.98. The van der Waals surface area contributed by atoms with Crippen molar-refractivity contribution in [3.05, 3.63) is 41.1 Å². The van der Waals surface area contributed by atoms with Crippen LogP contribution in [0.2, 0.25) is 0 Å². The van der Waals surface area contributed by atoms with Gasteiger partial charge in [-0.15, -0.1) is 5.10 Å². The highest BCUT2D eigenvalue weighted by Crippen LogP contribution is 2.31. The molecule has 6 N–H and O–H groups in total. The fourth-order valence-electron chi connectivity index (χ4n) is 3.49. The zero-order valence-electron chi connectivity index (χ0n) is 18.0. The number of hydrogen-bond donors (Lipinski definition) is 6. The first-order chi connectivity index (χ1) is 15.0. The van der Waals surface area contributed by atoms with Crippen molar-refractivity contribution < 1.29 is 38.3 Å². The predicted molar refractivity (Wildman–Crippen MR) is 115 cm³/mol. The molecule has 1 aromatic heterocycles. The molecular formula is C20H29N3O8S. The van der Waals surface area contributed by atoms with Gasteiger partial charge in [0.05, 0.1) is 12.9 Å². The lowest BCUT2D eigenvalue weighted by Crippen LogP contribution is -2.60. The molecule has 5 atom stereocenters. The smallest absolute Gasteiger partial charge is 0.238 e. The average molecular weight is 472 g/mol. The second-order valence-corrected chi connectivity index (χ2v) is 9.89. The molecular weight excluding hydrogens is 442 g/mol. The SMILES string of the molecule is CC(C)c1[nH]nc(O[C@@H]2O[C@H](CO)[C@@H](O)[C@H](O)[C@H]2O)c1Cc1ccc(NS(C)(=O)=O)cc1. The molecule has 1 aliphatic heterocycles. The maximum absolute atomic E-state index is 11.4. The lowest BCUT2D eigenvalue weighted by Gasteiger charge is -2.39. The number of nitrogens with one attached hydrogen (secondary N) is 2. The molecule has 0 saturated carbocycles. The van der Waals surface area contributed by atoms with E-state index in [4.69, 9.17) is 9.47 Å². The second-order valence-electron chi connectivity index (χ2n) is 8.14. The third kappa shape index (κ3) is 5.57. The van der Waals surface area contributed by atoms with Gasteiger partial charge >= 0.3 is 0 Å². The third-order valence-electron chi connectivity index (χ3n) is 5.15. The molecule has 1 fully saturated rings. The van der Waals surface area contributed by atoms with Gasteiger partial charge in [-0.1, -0.05) is 26.0 Å². The van der Waals surface area contributed by atoms with Crippen molar-refractivity contribution in [1.82, 2.24) is 10.2 Å². The Morgan fingerprint density at radius 2 is 1.81 bits per heavy atom. The summed E-state index contributed by atoms with van der Waals surface area (Å²) in [7, 11) is -3.38. The van der Waals surface area contributed by atoms with Gasteiger partial charge in [0.15, 0.2) is 0 Å². The fourth-order valence-corrected chi connectivity index (χ4v) is 4.05. The standard InChI is InChI=1S/C20H29N3O8S/c1-10(2)15-13(8-11-4-6-12(7-5-11)23-32(3,28)29)19(22-21-15)31-20-18(27)17(26)16(25)14(9-24)30-20/h4-7,10,14,16-18,20,23-27H,8-9H2,1-3H3,(H,21,22)/t14-,16-,17+,18-,20+/m1/s1. The van der Waals surface area contributed by atoms with Crippen molar-refractivity contribution in [2.45, 2.75) is 56.9 Å². The Kier molecular flexibility index (Phi) is 7.43. The molecule has 32 heavy (non-hydrogen) atoms. The van der Waals surface area contributed by atoms with Crippen LogP contribution in [0, 0.1) is 0 Å². The molecule has 1 aliphatic rings. The van der Waals surface area contributed by atoms with Crippen molar-refractivity contribution in [2.75, 3.05) is 17.6 Å². The largest absolute Gasteiger partial charge is 0.443 e. The van der Waals surface area contributed by atoms with E-state index in [0.29, 0.717) is 17.7 Å². The number of nitrogens with zero attached hydrogens (tertiary/aromatic N) is 1. The third-order valence-corrected chi connectivity index (χ3v) is 5.76. The number of aromatic amines is 1. The molecule has 0 bridgehead atoms. The maximum atomic E-state index is 11.4. The first-order valence-corrected chi connectivity index (χ1v) is 12.0. The molecule has 2 heterocycles. The summed E-state index contributed by atoms with van der Waals surface area (Å²) >= 11 is 0. The van der Waals surface area contributed by atoms with Crippen LogP contribution in [0.3, 0.4) is 0 Å². The molecule has 3 rings (SSSR count). The highest BCUT2D eigenvalue weighted by Gasteiger charge is 2.45. The number of aliphatic hydroxyl groups is 4. The van der Waals surface area contributed by atoms with Gasteiger partial charge in [-0.3, -0.25) is 9.82 Å². The van der Waals surface area contributed by atoms with Crippen LogP contribution in [-0.4, -0.2) is 82.6 Å². The topological polar surface area (TPSA) is 174 Å². The molecule has 0 unspecified atom stereocenters. The van der Waals surface area contributed by atoms with Crippen LogP contribution in [0.15, 0.2) is 24.3 Å². The van der Waals surface area contributed by atoms with E-state index < -0.39 is 47.3 Å². The Balaban J connectivity index is 1.83. The number of aliphatic hydroxyl groups excluding tert-OH is 4. The van der Waals surface area contributed by atoms with Crippen LogP contribution in [0.5, 0.6) is 5.88 Å². The number of aromatic nitrogens is 2. The summed E-state index contributed by atoms with van der Waals surface area (Å²) in [5.74, 6) is 0.215. The molecule has 0 radical (unpaired) electrons. The van der Waals surface area contributed by atoms with Crippen LogP contribution >= 0.6 is 0 Å². The summed E-state index contributed by atoms with van der Waals surface area (Å²) in [6.07, 6.45) is -5.60. The summed E-state index contributed by atoms with van der Waals surface area (Å²) in [5, 5.41) is 46.7. The van der Waals surface area contributed by atoms with Gasteiger partial charge in [0, 0.05) is 23.4 Å². The minimum absolute atomic E-state index is 0.0656. The minimum Gasteiger partial charge on any atom is -0.443 e. The number of rotatable bonds is 8. The van der Waals surface area contributed by atoms with E-state index >= 15 is 0 Å². The quantitative estimate of drug-likeness (QED) is 0.301. The molecule has 0 amide bonds. The van der Waals surface area contributed by atoms with Crippen LogP contribution in [0.1, 0.15) is 36.6 Å². The number of sulfonamides is 1. The van der Waals surface area contributed by atoms with Crippen LogP contribution in [-0.2, 0) is 21.2 Å². The number of H-pyrrole nitrogens is 1. The Labute approximate surface area is 186 Å². The van der Waals surface area contributed by atoms with Gasteiger partial charge in [0.1, 0.15) is 24.4 Å². The van der Waals surface area contributed by atoms with E-state index in [1.807, 2.05) is 13.8 Å². The van der Waals surface area contributed by atoms with Crippen molar-refractivity contribution in [3.8, 4) is 5.88 Å². The van der Waals surface area contributed by atoms with E-state index in [2.05, 4.69) is 14.9 Å². The van der Waals surface area contributed by atoms with E-state index in [1.165, 1.54) is 0 Å². The Bertz CT molecular complexity index is 1010. The number of ether oxygens (including phenoxy) is 2. The monoisotopic (exact) mass is 471 g/mol.